The lowest BCUT2D eigenvalue weighted by Crippen LogP contribution is -2.37. The molecule has 0 bridgehead atoms. The van der Waals surface area contributed by atoms with Gasteiger partial charge >= 0.3 is 0 Å². The highest BCUT2D eigenvalue weighted by Gasteiger charge is 2.28. The van der Waals surface area contributed by atoms with E-state index in [1.165, 1.54) is 17.2 Å². The van der Waals surface area contributed by atoms with Gasteiger partial charge < -0.3 is 20.0 Å². The minimum atomic E-state index is -0.360. The summed E-state index contributed by atoms with van der Waals surface area (Å²) >= 11 is 0. The van der Waals surface area contributed by atoms with Crippen LogP contribution in [0.4, 0.5) is 0 Å². The first-order valence-corrected chi connectivity index (χ1v) is 9.79. The van der Waals surface area contributed by atoms with Crippen LogP contribution in [0.1, 0.15) is 35.5 Å². The maximum atomic E-state index is 12.8. The molecule has 1 amide bonds. The lowest BCUT2D eigenvalue weighted by atomic mass is 10.1. The summed E-state index contributed by atoms with van der Waals surface area (Å²) in [6.45, 7) is 6.75. The molecule has 0 saturated carbocycles. The van der Waals surface area contributed by atoms with Crippen molar-refractivity contribution in [1.82, 2.24) is 20.9 Å². The van der Waals surface area contributed by atoms with Crippen LogP contribution in [0, 0.1) is 6.92 Å². The number of aromatic hydroxyl groups is 1. The van der Waals surface area contributed by atoms with Gasteiger partial charge in [0.25, 0.3) is 5.91 Å². The molecule has 0 saturated heterocycles. The molecule has 2 heterocycles. The summed E-state index contributed by atoms with van der Waals surface area (Å²) in [6, 6.07) is 16.5. The Kier molecular flexibility index (Phi) is 5.29. The van der Waals surface area contributed by atoms with E-state index >= 15 is 0 Å². The van der Waals surface area contributed by atoms with E-state index < -0.39 is 0 Å². The summed E-state index contributed by atoms with van der Waals surface area (Å²) in [4.78, 5) is 12.8. The van der Waals surface area contributed by atoms with Gasteiger partial charge in [0, 0.05) is 11.8 Å². The Morgan fingerprint density at radius 1 is 1.20 bits per heavy atom. The monoisotopic (exact) mass is 404 g/mol. The number of para-hydroxylation sites is 1. The number of aryl methyl sites for hydroxylation is 1. The fourth-order valence-electron chi connectivity index (χ4n) is 3.55. The number of rotatable bonds is 5. The smallest absolute Gasteiger partial charge is 0.277 e. The van der Waals surface area contributed by atoms with Crippen molar-refractivity contribution in [3.63, 3.8) is 0 Å². The van der Waals surface area contributed by atoms with E-state index in [-0.39, 0.29) is 23.4 Å². The molecule has 0 aliphatic carbocycles. The summed E-state index contributed by atoms with van der Waals surface area (Å²) in [7, 11) is 0. The SMILES string of the molecule is CC1=C(NC(=O)c2cc(-c3ccccc3O)on2)[C@@H](C)NN1Cc1ccccc1C. The molecule has 1 aliphatic rings. The van der Waals surface area contributed by atoms with Crippen LogP contribution in [-0.4, -0.2) is 27.2 Å². The van der Waals surface area contributed by atoms with Crippen molar-refractivity contribution < 1.29 is 14.4 Å². The zero-order chi connectivity index (χ0) is 21.3. The number of aromatic nitrogens is 1. The van der Waals surface area contributed by atoms with Crippen LogP contribution < -0.4 is 10.7 Å². The van der Waals surface area contributed by atoms with Crippen molar-refractivity contribution in [3.05, 3.63) is 82.8 Å². The average Bonchev–Trinajstić information content (AvgIpc) is 3.31. The number of nitrogens with zero attached hydrogens (tertiary/aromatic N) is 2. The van der Waals surface area contributed by atoms with E-state index in [2.05, 4.69) is 35.0 Å². The number of benzene rings is 2. The number of hydrogen-bond acceptors (Lipinski definition) is 6. The third-order valence-electron chi connectivity index (χ3n) is 5.33. The first kappa shape index (κ1) is 19.7. The molecule has 0 radical (unpaired) electrons. The van der Waals surface area contributed by atoms with Gasteiger partial charge in [-0.3, -0.25) is 4.79 Å². The topological polar surface area (TPSA) is 90.6 Å². The van der Waals surface area contributed by atoms with Gasteiger partial charge in [0.15, 0.2) is 11.5 Å². The van der Waals surface area contributed by atoms with Gasteiger partial charge in [0.1, 0.15) is 5.75 Å². The van der Waals surface area contributed by atoms with Crippen LogP contribution in [0.3, 0.4) is 0 Å². The molecular formula is C23H24N4O3. The molecule has 3 aromatic rings. The molecule has 4 rings (SSSR count). The van der Waals surface area contributed by atoms with Crippen LogP contribution in [0.5, 0.6) is 5.75 Å². The zero-order valence-corrected chi connectivity index (χ0v) is 17.1. The summed E-state index contributed by atoms with van der Waals surface area (Å²) in [5.74, 6) is 0.0449. The Bertz CT molecular complexity index is 1120. The summed E-state index contributed by atoms with van der Waals surface area (Å²) in [6.07, 6.45) is 0. The van der Waals surface area contributed by atoms with E-state index in [1.807, 2.05) is 31.0 Å². The lowest BCUT2D eigenvalue weighted by Gasteiger charge is -2.22. The standard InChI is InChI=1S/C23H24N4O3/c1-14-8-4-5-9-17(14)13-27-16(3)22(15(2)25-27)24-23(29)19-12-21(30-26-19)18-10-6-7-11-20(18)28/h4-12,15,25,28H,13H2,1-3H3,(H,24,29)/t15-/m1/s1. The highest BCUT2D eigenvalue weighted by atomic mass is 16.5. The Hall–Kier alpha value is -3.58. The number of nitrogens with one attached hydrogen (secondary N) is 2. The summed E-state index contributed by atoms with van der Waals surface area (Å²) in [5, 5.41) is 18.8. The van der Waals surface area contributed by atoms with Gasteiger partial charge in [-0.05, 0) is 44.0 Å². The third-order valence-corrected chi connectivity index (χ3v) is 5.33. The maximum Gasteiger partial charge on any atom is 0.277 e. The molecule has 0 spiro atoms. The average molecular weight is 404 g/mol. The normalized spacial score (nSPS) is 16.2. The Morgan fingerprint density at radius 2 is 1.93 bits per heavy atom. The zero-order valence-electron chi connectivity index (χ0n) is 17.1. The molecular weight excluding hydrogens is 380 g/mol. The van der Waals surface area contributed by atoms with Gasteiger partial charge in [0.2, 0.25) is 0 Å². The van der Waals surface area contributed by atoms with Crippen molar-refractivity contribution in [3.8, 4) is 17.1 Å². The quantitative estimate of drug-likeness (QED) is 0.600. The van der Waals surface area contributed by atoms with E-state index in [0.29, 0.717) is 17.9 Å². The summed E-state index contributed by atoms with van der Waals surface area (Å²) < 4.78 is 5.27. The molecule has 1 aliphatic heterocycles. The number of carbonyl (C=O) groups is 1. The third kappa shape index (κ3) is 3.79. The minimum Gasteiger partial charge on any atom is -0.507 e. The van der Waals surface area contributed by atoms with Gasteiger partial charge in [-0.15, -0.1) is 0 Å². The lowest BCUT2D eigenvalue weighted by molar-refractivity contribution is 0.0954. The van der Waals surface area contributed by atoms with Crippen molar-refractivity contribution in [2.45, 2.75) is 33.4 Å². The number of hydrazine groups is 1. The minimum absolute atomic E-state index is 0.0532. The number of phenols is 1. The fourth-order valence-corrected chi connectivity index (χ4v) is 3.55. The van der Waals surface area contributed by atoms with E-state index in [0.717, 1.165) is 11.4 Å². The van der Waals surface area contributed by atoms with Crippen LogP contribution >= 0.6 is 0 Å². The maximum absolute atomic E-state index is 12.8. The van der Waals surface area contributed by atoms with Gasteiger partial charge in [0.05, 0.1) is 23.8 Å². The van der Waals surface area contributed by atoms with Crippen LogP contribution in [0.15, 0.2) is 70.5 Å². The van der Waals surface area contributed by atoms with Crippen molar-refractivity contribution >= 4 is 5.91 Å². The second-order valence-corrected chi connectivity index (χ2v) is 7.41. The molecule has 30 heavy (non-hydrogen) atoms. The largest absolute Gasteiger partial charge is 0.507 e. The van der Waals surface area contributed by atoms with E-state index in [9.17, 15) is 9.90 Å². The molecule has 0 fully saturated rings. The number of hydrogen-bond donors (Lipinski definition) is 3. The Labute approximate surface area is 175 Å². The molecule has 3 N–H and O–H groups in total. The van der Waals surface area contributed by atoms with Gasteiger partial charge in [-0.2, -0.15) is 0 Å². The first-order valence-electron chi connectivity index (χ1n) is 9.79. The second-order valence-electron chi connectivity index (χ2n) is 7.41. The molecule has 2 aromatic carbocycles. The predicted octanol–water partition coefficient (Wildman–Crippen LogP) is 3.73. The van der Waals surface area contributed by atoms with Crippen LogP contribution in [0.2, 0.25) is 0 Å². The highest BCUT2D eigenvalue weighted by Crippen LogP contribution is 2.29. The molecule has 7 heteroatoms. The predicted molar refractivity (Wildman–Crippen MR) is 113 cm³/mol. The molecule has 1 atom stereocenters. The Balaban J connectivity index is 1.50. The number of carbonyl (C=O) groups excluding carboxylic acids is 1. The van der Waals surface area contributed by atoms with Crippen molar-refractivity contribution in [2.75, 3.05) is 0 Å². The summed E-state index contributed by atoms with van der Waals surface area (Å²) in [5.41, 5.74) is 8.20. The van der Waals surface area contributed by atoms with Crippen molar-refractivity contribution in [1.29, 1.82) is 0 Å². The van der Waals surface area contributed by atoms with Crippen LogP contribution in [-0.2, 0) is 6.54 Å². The highest BCUT2D eigenvalue weighted by molar-refractivity contribution is 5.94. The molecule has 1 aromatic heterocycles. The molecule has 154 valence electrons. The van der Waals surface area contributed by atoms with Gasteiger partial charge in [-0.1, -0.05) is 41.6 Å². The van der Waals surface area contributed by atoms with E-state index in [1.54, 1.807) is 24.3 Å². The van der Waals surface area contributed by atoms with Gasteiger partial charge in [-0.25, -0.2) is 5.43 Å². The number of amides is 1. The fraction of sp³-hybridized carbons (Fsp3) is 0.217. The number of allylic oxidation sites excluding steroid dienone is 1. The van der Waals surface area contributed by atoms with E-state index in [4.69, 9.17) is 4.52 Å². The Morgan fingerprint density at radius 3 is 2.70 bits per heavy atom. The van der Waals surface area contributed by atoms with Crippen LogP contribution in [0.25, 0.3) is 11.3 Å². The van der Waals surface area contributed by atoms with Crippen molar-refractivity contribution in [2.24, 2.45) is 0 Å². The number of phenolic OH excluding ortho intramolecular Hbond substituents is 1. The molecule has 7 nitrogen and oxygen atoms in total. The molecule has 0 unspecified atom stereocenters. The second kappa shape index (κ2) is 8.04. The first-order chi connectivity index (χ1) is 14.4.